The molecule has 4 heterocycles. The van der Waals surface area contributed by atoms with Crippen LogP contribution >= 0.6 is 0 Å². The van der Waals surface area contributed by atoms with Gasteiger partial charge in [0, 0.05) is 43.8 Å². The van der Waals surface area contributed by atoms with Crippen molar-refractivity contribution in [2.75, 3.05) is 36.9 Å². The zero-order valence-corrected chi connectivity index (χ0v) is 21.7. The van der Waals surface area contributed by atoms with Crippen LogP contribution in [0.1, 0.15) is 28.5 Å². The lowest BCUT2D eigenvalue weighted by Gasteiger charge is -2.27. The number of aromatic nitrogens is 3. The predicted octanol–water partition coefficient (Wildman–Crippen LogP) is 3.17. The quantitative estimate of drug-likeness (QED) is 0.281. The highest BCUT2D eigenvalue weighted by molar-refractivity contribution is 6.04. The van der Waals surface area contributed by atoms with Crippen LogP contribution in [0.4, 0.5) is 20.3 Å². The van der Waals surface area contributed by atoms with E-state index >= 15 is 4.39 Å². The molecule has 1 unspecified atom stereocenters. The molecule has 41 heavy (non-hydrogen) atoms. The van der Waals surface area contributed by atoms with Gasteiger partial charge in [0.1, 0.15) is 29.1 Å². The van der Waals surface area contributed by atoms with E-state index in [1.165, 1.54) is 48.7 Å². The van der Waals surface area contributed by atoms with Crippen molar-refractivity contribution in [2.24, 2.45) is 0 Å². The van der Waals surface area contributed by atoms with Crippen molar-refractivity contribution in [3.8, 4) is 17.2 Å². The molecular weight excluding hydrogens is 534 g/mol. The summed E-state index contributed by atoms with van der Waals surface area (Å²) in [6.45, 7) is 3.49. The molecule has 4 aromatic rings. The van der Waals surface area contributed by atoms with Gasteiger partial charge in [-0.25, -0.2) is 19.2 Å². The van der Waals surface area contributed by atoms with Gasteiger partial charge in [-0.1, -0.05) is 0 Å². The molecule has 0 aliphatic carbocycles. The number of halogens is 2. The van der Waals surface area contributed by atoms with Gasteiger partial charge in [-0.05, 0) is 61.5 Å². The fourth-order valence-corrected chi connectivity index (χ4v) is 4.85. The van der Waals surface area contributed by atoms with Crippen LogP contribution in [-0.2, 0) is 0 Å². The van der Waals surface area contributed by atoms with Crippen molar-refractivity contribution < 1.29 is 18.3 Å². The molecule has 2 aliphatic rings. The second kappa shape index (κ2) is 11.4. The van der Waals surface area contributed by atoms with Gasteiger partial charge in [-0.3, -0.25) is 14.5 Å². The first-order valence-electron chi connectivity index (χ1n) is 13.1. The Hall–Kier alpha value is -4.72. The van der Waals surface area contributed by atoms with Crippen LogP contribution in [0.5, 0.6) is 11.5 Å². The third-order valence-corrected chi connectivity index (χ3v) is 6.86. The minimum atomic E-state index is -0.750. The lowest BCUT2D eigenvalue weighted by atomic mass is 10.1. The first-order valence-corrected chi connectivity index (χ1v) is 13.1. The number of fused-ring (bicyclic) bond motifs is 1. The first-order chi connectivity index (χ1) is 20.0. The summed E-state index contributed by atoms with van der Waals surface area (Å²) < 4.78 is 35.5. The van der Waals surface area contributed by atoms with Gasteiger partial charge in [0.05, 0.1) is 11.3 Å². The molecule has 6 rings (SSSR count). The SMILES string of the molecule is O=C(Nc1ccc(Oc2ccnc3c2C(N2CCCNCC2)NN3)c(F)c1)c1ccnn(-c2ccc(F)cc2)c1=O. The van der Waals surface area contributed by atoms with Crippen molar-refractivity contribution in [3.63, 3.8) is 0 Å². The monoisotopic (exact) mass is 560 g/mol. The summed E-state index contributed by atoms with van der Waals surface area (Å²) in [5.41, 5.74) is 6.60. The number of rotatable bonds is 6. The number of carbonyl (C=O) groups is 1. The Balaban J connectivity index is 1.20. The summed E-state index contributed by atoms with van der Waals surface area (Å²) in [5.74, 6) is -0.911. The number of carbonyl (C=O) groups excluding carboxylic acids is 1. The Morgan fingerprint density at radius 2 is 1.85 bits per heavy atom. The Labute approximate surface area is 233 Å². The van der Waals surface area contributed by atoms with E-state index in [0.29, 0.717) is 17.3 Å². The van der Waals surface area contributed by atoms with Crippen LogP contribution < -0.4 is 31.8 Å². The van der Waals surface area contributed by atoms with E-state index in [9.17, 15) is 14.0 Å². The molecule has 0 saturated carbocycles. The number of hydrazine groups is 1. The molecular formula is C28H26F2N8O3. The molecule has 1 fully saturated rings. The Morgan fingerprint density at radius 1 is 1.00 bits per heavy atom. The number of hydrogen-bond donors (Lipinski definition) is 4. The average molecular weight is 561 g/mol. The van der Waals surface area contributed by atoms with Crippen LogP contribution in [-0.4, -0.2) is 51.8 Å². The maximum absolute atomic E-state index is 15.2. The highest BCUT2D eigenvalue weighted by atomic mass is 19.1. The van der Waals surface area contributed by atoms with E-state index in [1.54, 1.807) is 12.3 Å². The number of ether oxygens (including phenoxy) is 1. The van der Waals surface area contributed by atoms with Crippen molar-refractivity contribution in [1.29, 1.82) is 0 Å². The van der Waals surface area contributed by atoms with E-state index in [4.69, 9.17) is 4.74 Å². The highest BCUT2D eigenvalue weighted by Crippen LogP contribution is 2.39. The second-order valence-corrected chi connectivity index (χ2v) is 9.52. The average Bonchev–Trinajstić information content (AvgIpc) is 3.22. The number of benzene rings is 2. The number of nitrogens with zero attached hydrogens (tertiary/aromatic N) is 4. The minimum absolute atomic E-state index is 0.0397. The van der Waals surface area contributed by atoms with E-state index in [-0.39, 0.29) is 23.2 Å². The molecule has 210 valence electrons. The van der Waals surface area contributed by atoms with Gasteiger partial charge in [0.15, 0.2) is 11.6 Å². The predicted molar refractivity (Wildman–Crippen MR) is 147 cm³/mol. The molecule has 4 N–H and O–H groups in total. The molecule has 13 heteroatoms. The van der Waals surface area contributed by atoms with Crippen LogP contribution in [0.2, 0.25) is 0 Å². The number of pyridine rings is 1. The maximum atomic E-state index is 15.2. The smallest absolute Gasteiger partial charge is 0.284 e. The summed E-state index contributed by atoms with van der Waals surface area (Å²) in [6, 6.07) is 12.0. The van der Waals surface area contributed by atoms with Crippen molar-refractivity contribution in [3.05, 3.63) is 100 Å². The molecule has 0 bridgehead atoms. The second-order valence-electron chi connectivity index (χ2n) is 9.52. The summed E-state index contributed by atoms with van der Waals surface area (Å²) in [6.07, 6.45) is 3.65. The molecule has 2 aromatic heterocycles. The maximum Gasteiger partial charge on any atom is 0.284 e. The Bertz CT molecular complexity index is 1640. The topological polar surface area (TPSA) is 125 Å². The zero-order chi connectivity index (χ0) is 28.3. The minimum Gasteiger partial charge on any atom is -0.454 e. The highest BCUT2D eigenvalue weighted by Gasteiger charge is 2.32. The molecule has 1 amide bonds. The normalized spacial score (nSPS) is 16.9. The van der Waals surface area contributed by atoms with Gasteiger partial charge in [-0.15, -0.1) is 0 Å². The summed E-state index contributed by atoms with van der Waals surface area (Å²) >= 11 is 0. The third kappa shape index (κ3) is 5.50. The van der Waals surface area contributed by atoms with E-state index in [2.05, 4.69) is 36.5 Å². The van der Waals surface area contributed by atoms with Crippen LogP contribution in [0.25, 0.3) is 5.69 Å². The number of amides is 1. The van der Waals surface area contributed by atoms with Gasteiger partial charge in [-0.2, -0.15) is 9.78 Å². The lowest BCUT2D eigenvalue weighted by molar-refractivity contribution is 0.102. The molecule has 0 spiro atoms. The van der Waals surface area contributed by atoms with Gasteiger partial charge in [0.2, 0.25) is 0 Å². The molecule has 0 radical (unpaired) electrons. The molecule has 11 nitrogen and oxygen atoms in total. The van der Waals surface area contributed by atoms with E-state index in [1.807, 2.05) is 0 Å². The van der Waals surface area contributed by atoms with Crippen LogP contribution in [0, 0.1) is 11.6 Å². The van der Waals surface area contributed by atoms with Crippen LogP contribution in [0.3, 0.4) is 0 Å². The first kappa shape index (κ1) is 26.5. The summed E-state index contributed by atoms with van der Waals surface area (Å²) in [7, 11) is 0. The number of anilines is 2. The summed E-state index contributed by atoms with van der Waals surface area (Å²) in [4.78, 5) is 32.4. The largest absolute Gasteiger partial charge is 0.454 e. The lowest BCUT2D eigenvalue weighted by Crippen LogP contribution is -2.38. The molecule has 2 aromatic carbocycles. The zero-order valence-electron chi connectivity index (χ0n) is 21.7. The number of nitrogens with one attached hydrogen (secondary N) is 4. The molecule has 1 atom stereocenters. The molecule has 1 saturated heterocycles. The van der Waals surface area contributed by atoms with E-state index < -0.39 is 23.1 Å². The Kier molecular flexibility index (Phi) is 7.37. The Morgan fingerprint density at radius 3 is 2.68 bits per heavy atom. The van der Waals surface area contributed by atoms with Crippen LogP contribution in [0.15, 0.2) is 71.8 Å². The van der Waals surface area contributed by atoms with Crippen molar-refractivity contribution in [2.45, 2.75) is 12.6 Å². The van der Waals surface area contributed by atoms with Crippen molar-refractivity contribution in [1.82, 2.24) is 30.4 Å². The summed E-state index contributed by atoms with van der Waals surface area (Å²) in [5, 5.41) is 9.88. The third-order valence-electron chi connectivity index (χ3n) is 6.86. The molecule has 2 aliphatic heterocycles. The standard InChI is InChI=1S/C28H26F2N8O3/c29-17-2-5-19(6-3-17)38-28(40)20(8-12-33-38)27(39)34-18-4-7-22(21(30)16-18)41-23-9-11-32-25-24(23)26(36-35-25)37-14-1-10-31-13-15-37/h2-9,11-12,16,26,31,36H,1,10,13-15H2,(H,32,35)(H,34,39). The fraction of sp³-hybridized carbons (Fsp3) is 0.214. The van der Waals surface area contributed by atoms with Gasteiger partial charge in [0.25, 0.3) is 11.5 Å². The van der Waals surface area contributed by atoms with Gasteiger partial charge >= 0.3 is 0 Å². The van der Waals surface area contributed by atoms with E-state index in [0.717, 1.165) is 48.9 Å². The van der Waals surface area contributed by atoms with Gasteiger partial charge < -0.3 is 20.8 Å². The number of hydrogen-bond acceptors (Lipinski definition) is 9. The fourth-order valence-electron chi connectivity index (χ4n) is 4.85. The van der Waals surface area contributed by atoms with Crippen molar-refractivity contribution >= 4 is 17.4 Å².